The molecule has 0 atom stereocenters. The third kappa shape index (κ3) is 2.45. The second-order valence-electron chi connectivity index (χ2n) is 2.81. The first-order chi connectivity index (χ1) is 6.84. The van der Waals surface area contributed by atoms with Gasteiger partial charge in [0.05, 0.1) is 0 Å². The van der Waals surface area contributed by atoms with Crippen molar-refractivity contribution in [2.45, 2.75) is 19.3 Å². The molecule has 0 radical (unpaired) electrons. The molecule has 0 aromatic carbocycles. The maximum absolute atomic E-state index is 12.4. The highest BCUT2D eigenvalue weighted by Gasteiger charge is 2.49. The fourth-order valence-electron chi connectivity index (χ4n) is 0.781. The summed E-state index contributed by atoms with van der Waals surface area (Å²) in [5.74, 6) is -7.02. The van der Waals surface area contributed by atoms with Crippen LogP contribution in [-0.4, -0.2) is 28.5 Å². The number of aryl methyl sites for hydroxylation is 1. The lowest BCUT2D eigenvalue weighted by Gasteiger charge is -2.13. The standard InChI is InChI=1S/C7H7F4N3O/c1-3-2-4(14-13-3)12-6(15)7(10,11)5(8)9/h2,5H,1H3,(H2,12,13,14,15). The summed E-state index contributed by atoms with van der Waals surface area (Å²) < 4.78 is 48.3. The number of rotatable bonds is 3. The molecule has 0 bridgehead atoms. The van der Waals surface area contributed by atoms with Crippen molar-refractivity contribution >= 4 is 11.7 Å². The minimum Gasteiger partial charge on any atom is -0.304 e. The maximum Gasteiger partial charge on any atom is 0.383 e. The number of hydrogen-bond acceptors (Lipinski definition) is 2. The van der Waals surface area contributed by atoms with Crippen LogP contribution in [-0.2, 0) is 4.79 Å². The van der Waals surface area contributed by atoms with Crippen LogP contribution >= 0.6 is 0 Å². The molecule has 0 saturated heterocycles. The zero-order valence-electron chi connectivity index (χ0n) is 7.52. The van der Waals surface area contributed by atoms with E-state index in [0.717, 1.165) is 0 Å². The van der Waals surface area contributed by atoms with E-state index in [4.69, 9.17) is 0 Å². The second kappa shape index (κ2) is 3.87. The number of H-pyrrole nitrogens is 1. The summed E-state index contributed by atoms with van der Waals surface area (Å²) >= 11 is 0. The van der Waals surface area contributed by atoms with Crippen molar-refractivity contribution in [2.24, 2.45) is 0 Å². The number of alkyl halides is 4. The Hall–Kier alpha value is -1.60. The molecule has 84 valence electrons. The van der Waals surface area contributed by atoms with Crippen molar-refractivity contribution in [1.29, 1.82) is 0 Å². The second-order valence-corrected chi connectivity index (χ2v) is 2.81. The normalized spacial score (nSPS) is 11.9. The predicted octanol–water partition coefficient (Wildman–Crippen LogP) is 1.56. The van der Waals surface area contributed by atoms with Gasteiger partial charge in [-0.1, -0.05) is 0 Å². The van der Waals surface area contributed by atoms with E-state index in [1.54, 1.807) is 12.2 Å². The van der Waals surface area contributed by atoms with Gasteiger partial charge in [-0.3, -0.25) is 9.89 Å². The number of amides is 1. The molecule has 0 aliphatic heterocycles. The monoisotopic (exact) mass is 225 g/mol. The van der Waals surface area contributed by atoms with Gasteiger partial charge >= 0.3 is 18.3 Å². The molecule has 0 unspecified atom stereocenters. The number of nitrogens with zero attached hydrogens (tertiary/aromatic N) is 1. The highest BCUT2D eigenvalue weighted by molar-refractivity contribution is 5.95. The van der Waals surface area contributed by atoms with E-state index in [-0.39, 0.29) is 5.82 Å². The molecule has 0 spiro atoms. The molecule has 1 heterocycles. The van der Waals surface area contributed by atoms with Crippen LogP contribution in [0.2, 0.25) is 0 Å². The fourth-order valence-corrected chi connectivity index (χ4v) is 0.781. The van der Waals surface area contributed by atoms with Gasteiger partial charge in [0.1, 0.15) is 0 Å². The Balaban J connectivity index is 2.71. The van der Waals surface area contributed by atoms with Gasteiger partial charge in [0, 0.05) is 11.8 Å². The summed E-state index contributed by atoms with van der Waals surface area (Å²) in [6.45, 7) is 1.56. The molecule has 1 aromatic heterocycles. The minimum absolute atomic E-state index is 0.224. The SMILES string of the molecule is Cc1cc(NC(=O)C(F)(F)C(F)F)n[nH]1. The van der Waals surface area contributed by atoms with E-state index < -0.39 is 18.3 Å². The van der Waals surface area contributed by atoms with Gasteiger partial charge in [-0.05, 0) is 6.92 Å². The van der Waals surface area contributed by atoms with Crippen molar-refractivity contribution in [1.82, 2.24) is 10.2 Å². The van der Waals surface area contributed by atoms with Gasteiger partial charge in [-0.25, -0.2) is 8.78 Å². The third-order valence-corrected chi connectivity index (χ3v) is 1.52. The Bertz CT molecular complexity index is 363. The van der Waals surface area contributed by atoms with E-state index in [1.807, 2.05) is 0 Å². The Morgan fingerprint density at radius 1 is 1.60 bits per heavy atom. The number of halogens is 4. The summed E-state index contributed by atoms with van der Waals surface area (Å²) in [5.41, 5.74) is 0.505. The number of carbonyl (C=O) groups excluding carboxylic acids is 1. The average Bonchev–Trinajstić information content (AvgIpc) is 2.50. The highest BCUT2D eigenvalue weighted by Crippen LogP contribution is 2.24. The Morgan fingerprint density at radius 2 is 2.20 bits per heavy atom. The van der Waals surface area contributed by atoms with E-state index in [0.29, 0.717) is 5.69 Å². The highest BCUT2D eigenvalue weighted by atomic mass is 19.3. The van der Waals surface area contributed by atoms with Crippen molar-refractivity contribution in [2.75, 3.05) is 5.32 Å². The third-order valence-electron chi connectivity index (χ3n) is 1.52. The number of hydrogen-bond donors (Lipinski definition) is 2. The number of nitrogens with one attached hydrogen (secondary N) is 2. The van der Waals surface area contributed by atoms with Crippen LogP contribution in [0.5, 0.6) is 0 Å². The largest absolute Gasteiger partial charge is 0.383 e. The quantitative estimate of drug-likeness (QED) is 0.767. The van der Waals surface area contributed by atoms with E-state index in [2.05, 4.69) is 10.2 Å². The smallest absolute Gasteiger partial charge is 0.304 e. The average molecular weight is 225 g/mol. The molecular formula is C7H7F4N3O. The lowest BCUT2D eigenvalue weighted by atomic mass is 10.3. The van der Waals surface area contributed by atoms with Gasteiger partial charge in [0.25, 0.3) is 0 Å². The minimum atomic E-state index is -4.72. The molecule has 4 nitrogen and oxygen atoms in total. The molecule has 2 N–H and O–H groups in total. The fraction of sp³-hybridized carbons (Fsp3) is 0.429. The molecular weight excluding hydrogens is 218 g/mol. The van der Waals surface area contributed by atoms with Gasteiger partial charge < -0.3 is 5.32 Å². The molecule has 0 saturated carbocycles. The van der Waals surface area contributed by atoms with Crippen LogP contribution in [0.1, 0.15) is 5.69 Å². The van der Waals surface area contributed by atoms with E-state index in [1.165, 1.54) is 6.07 Å². The summed E-state index contributed by atoms with van der Waals surface area (Å²) in [5, 5.41) is 7.32. The Morgan fingerprint density at radius 3 is 2.60 bits per heavy atom. The van der Waals surface area contributed by atoms with Crippen LogP contribution in [0.4, 0.5) is 23.4 Å². The summed E-state index contributed by atoms with van der Waals surface area (Å²) in [4.78, 5) is 10.7. The molecule has 1 amide bonds. The Kier molecular flexibility index (Phi) is 2.96. The number of anilines is 1. The van der Waals surface area contributed by atoms with Crippen LogP contribution in [0.3, 0.4) is 0 Å². The van der Waals surface area contributed by atoms with E-state index >= 15 is 0 Å². The lowest BCUT2D eigenvalue weighted by molar-refractivity contribution is -0.163. The first-order valence-electron chi connectivity index (χ1n) is 3.83. The Labute approximate surface area is 81.7 Å². The van der Waals surface area contributed by atoms with Gasteiger partial charge in [-0.2, -0.15) is 13.9 Å². The molecule has 0 aliphatic carbocycles. The number of aromatic amines is 1. The molecule has 8 heteroatoms. The molecule has 0 fully saturated rings. The van der Waals surface area contributed by atoms with Crippen molar-refractivity contribution in [3.05, 3.63) is 11.8 Å². The first kappa shape index (κ1) is 11.5. The summed E-state index contributed by atoms with van der Waals surface area (Å²) in [7, 11) is 0. The van der Waals surface area contributed by atoms with Gasteiger partial charge in [0.2, 0.25) is 0 Å². The molecule has 15 heavy (non-hydrogen) atoms. The van der Waals surface area contributed by atoms with Crippen molar-refractivity contribution < 1.29 is 22.4 Å². The van der Waals surface area contributed by atoms with Crippen LogP contribution in [0, 0.1) is 6.92 Å². The summed E-state index contributed by atoms with van der Waals surface area (Å²) in [6.07, 6.45) is -4.04. The lowest BCUT2D eigenvalue weighted by Crippen LogP contribution is -2.41. The number of carbonyl (C=O) groups is 1. The van der Waals surface area contributed by atoms with Gasteiger partial charge in [0.15, 0.2) is 5.82 Å². The zero-order valence-corrected chi connectivity index (χ0v) is 7.52. The zero-order chi connectivity index (χ0) is 11.6. The van der Waals surface area contributed by atoms with Crippen LogP contribution in [0.25, 0.3) is 0 Å². The molecule has 1 aromatic rings. The molecule has 1 rings (SSSR count). The number of aromatic nitrogens is 2. The predicted molar refractivity (Wildman–Crippen MR) is 42.9 cm³/mol. The van der Waals surface area contributed by atoms with Gasteiger partial charge in [-0.15, -0.1) is 0 Å². The van der Waals surface area contributed by atoms with Crippen LogP contribution < -0.4 is 5.32 Å². The van der Waals surface area contributed by atoms with Crippen LogP contribution in [0.15, 0.2) is 6.07 Å². The van der Waals surface area contributed by atoms with Crippen molar-refractivity contribution in [3.63, 3.8) is 0 Å². The molecule has 0 aliphatic rings. The summed E-state index contributed by atoms with van der Waals surface area (Å²) in [6, 6.07) is 1.24. The van der Waals surface area contributed by atoms with E-state index in [9.17, 15) is 22.4 Å². The van der Waals surface area contributed by atoms with Crippen molar-refractivity contribution in [3.8, 4) is 0 Å². The topological polar surface area (TPSA) is 57.8 Å². The maximum atomic E-state index is 12.4. The first-order valence-corrected chi connectivity index (χ1v) is 3.83.